The third-order valence-electron chi connectivity index (χ3n) is 3.24. The Labute approximate surface area is 108 Å². The summed E-state index contributed by atoms with van der Waals surface area (Å²) in [6.07, 6.45) is 3.64. The van der Waals surface area contributed by atoms with Gasteiger partial charge in [0, 0.05) is 18.7 Å². The van der Waals surface area contributed by atoms with Crippen molar-refractivity contribution >= 4 is 11.6 Å². The maximum absolute atomic E-state index is 9.49. The fourth-order valence-corrected chi connectivity index (χ4v) is 2.34. The zero-order chi connectivity index (χ0) is 13.0. The van der Waals surface area contributed by atoms with Crippen molar-refractivity contribution < 1.29 is 5.11 Å². The summed E-state index contributed by atoms with van der Waals surface area (Å²) in [4.78, 5) is 8.73. The normalized spacial score (nSPS) is 23.7. The molecule has 100 valence electrons. The topological polar surface area (TPSA) is 70.1 Å². The molecule has 5 heteroatoms. The second-order valence-corrected chi connectivity index (χ2v) is 4.87. The van der Waals surface area contributed by atoms with Crippen molar-refractivity contribution in [1.29, 1.82) is 0 Å². The van der Waals surface area contributed by atoms with E-state index in [1.807, 2.05) is 19.9 Å². The van der Waals surface area contributed by atoms with Gasteiger partial charge in [-0.05, 0) is 39.5 Å². The highest BCUT2D eigenvalue weighted by Crippen LogP contribution is 2.22. The zero-order valence-electron chi connectivity index (χ0n) is 11.1. The van der Waals surface area contributed by atoms with Gasteiger partial charge in [0.25, 0.3) is 0 Å². The van der Waals surface area contributed by atoms with Gasteiger partial charge in [-0.1, -0.05) is 0 Å². The van der Waals surface area contributed by atoms with Crippen molar-refractivity contribution in [3.63, 3.8) is 0 Å². The van der Waals surface area contributed by atoms with Crippen molar-refractivity contribution in [1.82, 2.24) is 9.97 Å². The number of aromatic nitrogens is 2. The molecular weight excluding hydrogens is 228 g/mol. The number of aliphatic hydroxyl groups is 1. The summed E-state index contributed by atoms with van der Waals surface area (Å²) in [5.41, 5.74) is 0. The van der Waals surface area contributed by atoms with E-state index in [2.05, 4.69) is 20.6 Å². The Balaban J connectivity index is 2.00. The van der Waals surface area contributed by atoms with E-state index >= 15 is 0 Å². The van der Waals surface area contributed by atoms with Gasteiger partial charge < -0.3 is 15.7 Å². The van der Waals surface area contributed by atoms with Crippen molar-refractivity contribution in [3.8, 4) is 0 Å². The summed E-state index contributed by atoms with van der Waals surface area (Å²) < 4.78 is 0. The van der Waals surface area contributed by atoms with E-state index in [-0.39, 0.29) is 6.10 Å². The summed E-state index contributed by atoms with van der Waals surface area (Å²) >= 11 is 0. The number of nitrogens with one attached hydrogen (secondary N) is 2. The van der Waals surface area contributed by atoms with E-state index in [4.69, 9.17) is 0 Å². The Kier molecular flexibility index (Phi) is 4.36. The van der Waals surface area contributed by atoms with E-state index in [0.717, 1.165) is 49.7 Å². The molecule has 0 amide bonds. The largest absolute Gasteiger partial charge is 0.393 e. The third kappa shape index (κ3) is 3.57. The molecule has 1 aromatic rings. The predicted molar refractivity (Wildman–Crippen MR) is 72.8 cm³/mol. The standard InChI is InChI=1S/C13H22N4O/c1-3-14-12-8-13(16-9(2)15-12)17-10-4-6-11(18)7-5-10/h8,10-11,18H,3-7H2,1-2H3,(H2,14,15,16,17). The average Bonchev–Trinajstić information content (AvgIpc) is 2.32. The van der Waals surface area contributed by atoms with Crippen LogP contribution in [0, 0.1) is 6.92 Å². The third-order valence-corrected chi connectivity index (χ3v) is 3.24. The highest BCUT2D eigenvalue weighted by atomic mass is 16.3. The van der Waals surface area contributed by atoms with Crippen LogP contribution in [0.4, 0.5) is 11.6 Å². The van der Waals surface area contributed by atoms with Crippen LogP contribution < -0.4 is 10.6 Å². The van der Waals surface area contributed by atoms with Crippen LogP contribution in [-0.2, 0) is 0 Å². The Hall–Kier alpha value is -1.36. The summed E-state index contributed by atoms with van der Waals surface area (Å²) in [6, 6.07) is 2.36. The van der Waals surface area contributed by atoms with Gasteiger partial charge >= 0.3 is 0 Å². The van der Waals surface area contributed by atoms with E-state index < -0.39 is 0 Å². The molecule has 3 N–H and O–H groups in total. The van der Waals surface area contributed by atoms with Crippen LogP contribution in [0.3, 0.4) is 0 Å². The second-order valence-electron chi connectivity index (χ2n) is 4.87. The van der Waals surface area contributed by atoms with Gasteiger partial charge in [-0.15, -0.1) is 0 Å². The lowest BCUT2D eigenvalue weighted by Crippen LogP contribution is -2.28. The Morgan fingerprint density at radius 1 is 1.22 bits per heavy atom. The molecule has 5 nitrogen and oxygen atoms in total. The number of rotatable bonds is 4. The number of aryl methyl sites for hydroxylation is 1. The molecule has 0 aliphatic heterocycles. The molecule has 0 bridgehead atoms. The Bertz CT molecular complexity index is 389. The Morgan fingerprint density at radius 3 is 2.56 bits per heavy atom. The monoisotopic (exact) mass is 250 g/mol. The van der Waals surface area contributed by atoms with E-state index in [9.17, 15) is 5.11 Å². The predicted octanol–water partition coefficient (Wildman–Crippen LogP) is 1.93. The van der Waals surface area contributed by atoms with Crippen LogP contribution >= 0.6 is 0 Å². The summed E-state index contributed by atoms with van der Waals surface area (Å²) in [6.45, 7) is 4.80. The van der Waals surface area contributed by atoms with Crippen LogP contribution in [0.2, 0.25) is 0 Å². The van der Waals surface area contributed by atoms with Crippen LogP contribution in [0.25, 0.3) is 0 Å². The fourth-order valence-electron chi connectivity index (χ4n) is 2.34. The molecular formula is C13H22N4O. The fraction of sp³-hybridized carbons (Fsp3) is 0.692. The first kappa shape index (κ1) is 13.1. The molecule has 0 unspecified atom stereocenters. The van der Waals surface area contributed by atoms with Gasteiger partial charge in [0.05, 0.1) is 6.10 Å². The second kappa shape index (κ2) is 6.00. The lowest BCUT2D eigenvalue weighted by Gasteiger charge is -2.26. The van der Waals surface area contributed by atoms with Crippen molar-refractivity contribution in [2.24, 2.45) is 0 Å². The van der Waals surface area contributed by atoms with Crippen LogP contribution in [0.15, 0.2) is 6.07 Å². The Morgan fingerprint density at radius 2 is 1.89 bits per heavy atom. The molecule has 2 rings (SSSR count). The van der Waals surface area contributed by atoms with Crippen molar-refractivity contribution in [3.05, 3.63) is 11.9 Å². The molecule has 18 heavy (non-hydrogen) atoms. The van der Waals surface area contributed by atoms with E-state index in [1.165, 1.54) is 0 Å². The highest BCUT2D eigenvalue weighted by molar-refractivity contribution is 5.48. The first-order chi connectivity index (χ1) is 8.67. The minimum absolute atomic E-state index is 0.118. The highest BCUT2D eigenvalue weighted by Gasteiger charge is 2.19. The molecule has 0 saturated heterocycles. The summed E-state index contributed by atoms with van der Waals surface area (Å²) in [5, 5.41) is 16.1. The van der Waals surface area contributed by atoms with Crippen molar-refractivity contribution in [2.75, 3.05) is 17.2 Å². The van der Waals surface area contributed by atoms with E-state index in [0.29, 0.717) is 6.04 Å². The quantitative estimate of drug-likeness (QED) is 0.761. The zero-order valence-corrected chi connectivity index (χ0v) is 11.1. The minimum atomic E-state index is -0.118. The maximum atomic E-state index is 9.49. The number of aliphatic hydroxyl groups excluding tert-OH is 1. The minimum Gasteiger partial charge on any atom is -0.393 e. The molecule has 1 aliphatic carbocycles. The molecule has 0 atom stereocenters. The van der Waals surface area contributed by atoms with Gasteiger partial charge in [-0.25, -0.2) is 9.97 Å². The van der Waals surface area contributed by atoms with E-state index in [1.54, 1.807) is 0 Å². The molecule has 1 heterocycles. The number of anilines is 2. The molecule has 0 spiro atoms. The van der Waals surface area contributed by atoms with Gasteiger partial charge in [0.1, 0.15) is 17.5 Å². The molecule has 1 aromatic heterocycles. The smallest absolute Gasteiger partial charge is 0.132 e. The lowest BCUT2D eigenvalue weighted by molar-refractivity contribution is 0.126. The first-order valence-corrected chi connectivity index (χ1v) is 6.71. The van der Waals surface area contributed by atoms with Gasteiger partial charge in [-0.2, -0.15) is 0 Å². The summed E-state index contributed by atoms with van der Waals surface area (Å²) in [5.74, 6) is 2.51. The average molecular weight is 250 g/mol. The number of nitrogens with zero attached hydrogens (tertiary/aromatic N) is 2. The van der Waals surface area contributed by atoms with Crippen molar-refractivity contribution in [2.45, 2.75) is 51.7 Å². The maximum Gasteiger partial charge on any atom is 0.132 e. The summed E-state index contributed by atoms with van der Waals surface area (Å²) in [7, 11) is 0. The van der Waals surface area contributed by atoms with Gasteiger partial charge in [0.15, 0.2) is 0 Å². The van der Waals surface area contributed by atoms with Gasteiger partial charge in [-0.3, -0.25) is 0 Å². The van der Waals surface area contributed by atoms with Crippen LogP contribution in [0.5, 0.6) is 0 Å². The SMILES string of the molecule is CCNc1cc(NC2CCC(O)CC2)nc(C)n1. The lowest BCUT2D eigenvalue weighted by atomic mass is 9.93. The first-order valence-electron chi connectivity index (χ1n) is 6.71. The van der Waals surface area contributed by atoms with Crippen LogP contribution in [0.1, 0.15) is 38.4 Å². The number of hydrogen-bond donors (Lipinski definition) is 3. The molecule has 1 saturated carbocycles. The molecule has 0 aromatic carbocycles. The van der Waals surface area contributed by atoms with Crippen LogP contribution in [-0.4, -0.2) is 33.8 Å². The molecule has 1 aliphatic rings. The number of hydrogen-bond acceptors (Lipinski definition) is 5. The molecule has 0 radical (unpaired) electrons. The van der Waals surface area contributed by atoms with Gasteiger partial charge in [0.2, 0.25) is 0 Å². The molecule has 1 fully saturated rings.